The summed E-state index contributed by atoms with van der Waals surface area (Å²) < 4.78 is 47.4. The molecule has 4 aliphatic heterocycles. The molecule has 14 heteroatoms. The lowest BCUT2D eigenvalue weighted by atomic mass is 9.93. The number of rotatable bonds is 5. The number of piperazine rings is 1. The number of carbonyl (C=O) groups excluding carboxylic acids is 2. The van der Waals surface area contributed by atoms with E-state index in [1.807, 2.05) is 9.80 Å². The molecule has 2 unspecified atom stereocenters. The predicted molar refractivity (Wildman–Crippen MR) is 128 cm³/mol. The van der Waals surface area contributed by atoms with E-state index >= 15 is 0 Å². The molecule has 4 fully saturated rings. The van der Waals surface area contributed by atoms with Crippen LogP contribution in [0.5, 0.6) is 0 Å². The number of likely N-dealkylation sites (tertiary alicyclic amines) is 1. The minimum atomic E-state index is -4.63. The fraction of sp³-hybridized carbons (Fsp3) is 0.739. The third-order valence-electron chi connectivity index (χ3n) is 7.80. The van der Waals surface area contributed by atoms with Crippen LogP contribution in [0.1, 0.15) is 32.1 Å². The van der Waals surface area contributed by atoms with E-state index in [0.29, 0.717) is 63.0 Å². The average Bonchev–Trinajstić information content (AvgIpc) is 3.53. The normalized spacial score (nSPS) is 31.6. The van der Waals surface area contributed by atoms with Gasteiger partial charge in [-0.1, -0.05) is 11.6 Å². The third kappa shape index (κ3) is 5.79. The minimum absolute atomic E-state index is 0.0101. The van der Waals surface area contributed by atoms with Crippen molar-refractivity contribution in [2.75, 3.05) is 44.2 Å². The van der Waals surface area contributed by atoms with E-state index in [9.17, 15) is 22.8 Å². The molecule has 204 valence electrons. The first-order chi connectivity index (χ1) is 17.7. The molecular weight excluding hydrogens is 515 g/mol. The van der Waals surface area contributed by atoms with Crippen LogP contribution in [0.3, 0.4) is 0 Å². The van der Waals surface area contributed by atoms with Crippen molar-refractivity contribution in [3.63, 3.8) is 0 Å². The molecule has 10 nitrogen and oxygen atoms in total. The number of aromatic nitrogens is 2. The molecule has 5 heterocycles. The number of hydrogen-bond acceptors (Lipinski definition) is 8. The summed E-state index contributed by atoms with van der Waals surface area (Å²) in [5.74, 6) is -2.54. The molecule has 4 saturated heterocycles. The van der Waals surface area contributed by atoms with Gasteiger partial charge in [0.05, 0.1) is 36.0 Å². The molecule has 37 heavy (non-hydrogen) atoms. The van der Waals surface area contributed by atoms with Crippen LogP contribution < -0.4 is 15.8 Å². The largest absolute Gasteiger partial charge is 0.402 e. The first-order valence-electron chi connectivity index (χ1n) is 12.7. The Morgan fingerprint density at radius 2 is 1.81 bits per heavy atom. The SMILES string of the molecule is O=C1NNCC(N2CCC[C@H]2[C@@H]2CC[C@H](CC(=O)N3CCN(c4ncc(Cl)cn4)CC3)O2)C1C(F)(F)F. The van der Waals surface area contributed by atoms with Crippen molar-refractivity contribution in [2.24, 2.45) is 5.92 Å². The van der Waals surface area contributed by atoms with Crippen LogP contribution in [0.15, 0.2) is 12.4 Å². The molecule has 0 saturated carbocycles. The maximum absolute atomic E-state index is 13.7. The highest BCUT2D eigenvalue weighted by Crippen LogP contribution is 2.38. The predicted octanol–water partition coefficient (Wildman–Crippen LogP) is 1.36. The summed E-state index contributed by atoms with van der Waals surface area (Å²) in [5, 5.41) is 0.467. The van der Waals surface area contributed by atoms with E-state index in [1.165, 1.54) is 0 Å². The molecular formula is C23H31ClF3N7O3. The number of hydrazine groups is 1. The third-order valence-corrected chi connectivity index (χ3v) is 8.00. The van der Waals surface area contributed by atoms with Crippen LogP contribution >= 0.6 is 11.6 Å². The number of alkyl halides is 3. The highest BCUT2D eigenvalue weighted by atomic mass is 35.5. The van der Waals surface area contributed by atoms with Gasteiger partial charge in [0.25, 0.3) is 0 Å². The van der Waals surface area contributed by atoms with Crippen molar-refractivity contribution in [1.82, 2.24) is 30.6 Å². The van der Waals surface area contributed by atoms with Gasteiger partial charge in [-0.15, -0.1) is 0 Å². The molecule has 2 N–H and O–H groups in total. The highest BCUT2D eigenvalue weighted by molar-refractivity contribution is 6.30. The van der Waals surface area contributed by atoms with Crippen LogP contribution in [-0.2, 0) is 14.3 Å². The van der Waals surface area contributed by atoms with E-state index in [4.69, 9.17) is 16.3 Å². The first kappa shape index (κ1) is 26.4. The van der Waals surface area contributed by atoms with Gasteiger partial charge in [0.1, 0.15) is 0 Å². The Balaban J connectivity index is 1.14. The average molecular weight is 546 g/mol. The Morgan fingerprint density at radius 3 is 2.51 bits per heavy atom. The van der Waals surface area contributed by atoms with Gasteiger partial charge >= 0.3 is 6.18 Å². The molecule has 0 spiro atoms. The lowest BCUT2D eigenvalue weighted by Gasteiger charge is -2.42. The monoisotopic (exact) mass is 545 g/mol. The van der Waals surface area contributed by atoms with E-state index in [2.05, 4.69) is 20.8 Å². The Labute approximate surface area is 217 Å². The van der Waals surface area contributed by atoms with Gasteiger partial charge in [-0.05, 0) is 32.2 Å². The summed E-state index contributed by atoms with van der Waals surface area (Å²) in [6.45, 7) is 2.83. The first-order valence-corrected chi connectivity index (χ1v) is 13.1. The Bertz CT molecular complexity index is 977. The molecule has 4 aliphatic rings. The zero-order valence-electron chi connectivity index (χ0n) is 20.3. The summed E-state index contributed by atoms with van der Waals surface area (Å²) in [6, 6.07) is -1.18. The van der Waals surface area contributed by atoms with E-state index in [-0.39, 0.29) is 37.1 Å². The summed E-state index contributed by atoms with van der Waals surface area (Å²) >= 11 is 5.85. The molecule has 5 rings (SSSR count). The standard InChI is InChI=1S/C23H31ClF3N7O3/c24-14-11-28-22(29-12-14)33-8-6-32(7-9-33)19(35)10-15-3-4-18(37-15)16-2-1-5-34(16)17-13-30-31-21(36)20(17)23(25,26)27/h11-12,15-18,20,30H,1-10,13H2,(H,31,36)/t15-,16+,17?,18+,20?/m1/s1. The van der Waals surface area contributed by atoms with Gasteiger partial charge in [0.15, 0.2) is 5.92 Å². The molecule has 2 amide bonds. The molecule has 1 aromatic heterocycles. The van der Waals surface area contributed by atoms with Gasteiger partial charge in [-0.2, -0.15) is 13.2 Å². The van der Waals surface area contributed by atoms with Crippen molar-refractivity contribution < 1.29 is 27.5 Å². The number of anilines is 1. The highest BCUT2D eigenvalue weighted by Gasteiger charge is 2.55. The number of amides is 2. The number of carbonyl (C=O) groups is 2. The molecule has 0 aliphatic carbocycles. The summed E-state index contributed by atoms with van der Waals surface area (Å²) in [6.07, 6.45) is 1.03. The zero-order chi connectivity index (χ0) is 26.2. The number of halogens is 4. The smallest absolute Gasteiger partial charge is 0.373 e. The number of nitrogens with zero attached hydrogens (tertiary/aromatic N) is 5. The van der Waals surface area contributed by atoms with Gasteiger partial charge < -0.3 is 14.5 Å². The minimum Gasteiger partial charge on any atom is -0.373 e. The Kier molecular flexibility index (Phi) is 7.75. The fourth-order valence-corrected chi connectivity index (χ4v) is 6.13. The lowest BCUT2D eigenvalue weighted by molar-refractivity contribution is -0.202. The van der Waals surface area contributed by atoms with Crippen LogP contribution in [0.4, 0.5) is 19.1 Å². The quantitative estimate of drug-likeness (QED) is 0.572. The number of nitrogens with one attached hydrogen (secondary N) is 2. The fourth-order valence-electron chi connectivity index (χ4n) is 6.03. The van der Waals surface area contributed by atoms with E-state index in [0.717, 1.165) is 6.42 Å². The molecule has 0 aromatic carbocycles. The molecule has 0 radical (unpaired) electrons. The van der Waals surface area contributed by atoms with Crippen molar-refractivity contribution in [1.29, 1.82) is 0 Å². The van der Waals surface area contributed by atoms with E-state index < -0.39 is 24.0 Å². The second-order valence-corrected chi connectivity index (χ2v) is 10.5. The van der Waals surface area contributed by atoms with Crippen LogP contribution in [0.25, 0.3) is 0 Å². The maximum Gasteiger partial charge on any atom is 0.402 e. The number of hydrogen-bond donors (Lipinski definition) is 2. The van der Waals surface area contributed by atoms with Crippen molar-refractivity contribution in [3.05, 3.63) is 17.4 Å². The van der Waals surface area contributed by atoms with Gasteiger partial charge in [-0.25, -0.2) is 15.4 Å². The van der Waals surface area contributed by atoms with Crippen LogP contribution in [0, 0.1) is 5.92 Å². The van der Waals surface area contributed by atoms with Crippen LogP contribution in [0.2, 0.25) is 5.02 Å². The van der Waals surface area contributed by atoms with Crippen LogP contribution in [-0.4, -0.2) is 101 Å². The Morgan fingerprint density at radius 1 is 1.08 bits per heavy atom. The van der Waals surface area contributed by atoms with E-state index in [1.54, 1.807) is 17.3 Å². The molecule has 1 aromatic rings. The summed E-state index contributed by atoms with van der Waals surface area (Å²) in [7, 11) is 0. The molecule has 5 atom stereocenters. The zero-order valence-corrected chi connectivity index (χ0v) is 21.0. The molecule has 0 bridgehead atoms. The van der Waals surface area contributed by atoms with Crippen molar-refractivity contribution in [3.8, 4) is 0 Å². The second kappa shape index (κ2) is 10.9. The lowest BCUT2D eigenvalue weighted by Crippen LogP contribution is -2.65. The summed E-state index contributed by atoms with van der Waals surface area (Å²) in [5.41, 5.74) is 4.74. The number of ether oxygens (including phenoxy) is 1. The topological polar surface area (TPSA) is 103 Å². The van der Waals surface area contributed by atoms with Gasteiger partial charge in [0.2, 0.25) is 17.8 Å². The van der Waals surface area contributed by atoms with Gasteiger partial charge in [0, 0.05) is 44.8 Å². The van der Waals surface area contributed by atoms with Crippen molar-refractivity contribution in [2.45, 2.75) is 62.6 Å². The van der Waals surface area contributed by atoms with Crippen molar-refractivity contribution >= 4 is 29.4 Å². The van der Waals surface area contributed by atoms with Gasteiger partial charge in [-0.3, -0.25) is 19.9 Å². The maximum atomic E-state index is 13.7. The summed E-state index contributed by atoms with van der Waals surface area (Å²) in [4.78, 5) is 39.1. The Hall–Kier alpha value is -2.22. The second-order valence-electron chi connectivity index (χ2n) is 10.1.